The SMILES string of the molecule is COc1ccc(CN2CCc3nc(Nc4cc(OC)ccc4OC)ncc3C2)cc1. The summed E-state index contributed by atoms with van der Waals surface area (Å²) in [6, 6.07) is 13.8. The van der Waals surface area contributed by atoms with E-state index in [4.69, 9.17) is 19.2 Å². The second-order valence-corrected chi connectivity index (χ2v) is 7.17. The third-order valence-corrected chi connectivity index (χ3v) is 5.23. The van der Waals surface area contributed by atoms with Crippen molar-refractivity contribution in [1.82, 2.24) is 14.9 Å². The number of nitrogens with one attached hydrogen (secondary N) is 1. The van der Waals surface area contributed by atoms with Crippen molar-refractivity contribution >= 4 is 11.6 Å². The van der Waals surface area contributed by atoms with E-state index in [9.17, 15) is 0 Å². The Kier molecular flexibility index (Phi) is 5.99. The van der Waals surface area contributed by atoms with E-state index in [1.54, 1.807) is 21.3 Å². The van der Waals surface area contributed by atoms with Gasteiger partial charge in [-0.05, 0) is 29.8 Å². The maximum absolute atomic E-state index is 5.43. The monoisotopic (exact) mass is 406 g/mol. The number of hydrogen-bond donors (Lipinski definition) is 1. The Balaban J connectivity index is 1.45. The zero-order valence-corrected chi connectivity index (χ0v) is 17.5. The van der Waals surface area contributed by atoms with Gasteiger partial charge in [0.1, 0.15) is 17.2 Å². The van der Waals surface area contributed by atoms with E-state index >= 15 is 0 Å². The molecule has 0 atom stereocenters. The highest BCUT2D eigenvalue weighted by Crippen LogP contribution is 2.31. The lowest BCUT2D eigenvalue weighted by Gasteiger charge is -2.28. The minimum atomic E-state index is 0.559. The van der Waals surface area contributed by atoms with Crippen LogP contribution in [0.1, 0.15) is 16.8 Å². The molecule has 3 aromatic rings. The van der Waals surface area contributed by atoms with E-state index in [0.717, 1.165) is 54.5 Å². The summed E-state index contributed by atoms with van der Waals surface area (Å²) in [6.45, 7) is 2.69. The topological polar surface area (TPSA) is 68.7 Å². The third kappa shape index (κ3) is 4.46. The lowest BCUT2D eigenvalue weighted by atomic mass is 10.1. The number of rotatable bonds is 7. The minimum Gasteiger partial charge on any atom is -0.497 e. The van der Waals surface area contributed by atoms with E-state index in [-0.39, 0.29) is 0 Å². The van der Waals surface area contributed by atoms with Crippen molar-refractivity contribution in [3.8, 4) is 17.2 Å². The van der Waals surface area contributed by atoms with E-state index < -0.39 is 0 Å². The van der Waals surface area contributed by atoms with Gasteiger partial charge in [0.25, 0.3) is 0 Å². The number of ether oxygens (including phenoxy) is 3. The summed E-state index contributed by atoms with van der Waals surface area (Å²) in [5.74, 6) is 2.89. The fraction of sp³-hybridized carbons (Fsp3) is 0.304. The van der Waals surface area contributed by atoms with Gasteiger partial charge in [-0.2, -0.15) is 0 Å². The van der Waals surface area contributed by atoms with Crippen molar-refractivity contribution in [2.45, 2.75) is 19.5 Å². The largest absolute Gasteiger partial charge is 0.497 e. The van der Waals surface area contributed by atoms with Gasteiger partial charge in [-0.3, -0.25) is 4.90 Å². The predicted octanol–water partition coefficient (Wildman–Crippen LogP) is 3.80. The van der Waals surface area contributed by atoms with Crippen molar-refractivity contribution in [2.75, 3.05) is 33.2 Å². The van der Waals surface area contributed by atoms with Gasteiger partial charge in [0.05, 0.1) is 32.7 Å². The second-order valence-electron chi connectivity index (χ2n) is 7.17. The van der Waals surface area contributed by atoms with Gasteiger partial charge in [-0.25, -0.2) is 9.97 Å². The van der Waals surface area contributed by atoms with E-state index in [2.05, 4.69) is 27.3 Å². The summed E-state index contributed by atoms with van der Waals surface area (Å²) in [5.41, 5.74) is 4.29. The summed E-state index contributed by atoms with van der Waals surface area (Å²) in [5, 5.41) is 3.26. The van der Waals surface area contributed by atoms with Crippen LogP contribution >= 0.6 is 0 Å². The zero-order chi connectivity index (χ0) is 20.9. The molecular formula is C23H26N4O3. The van der Waals surface area contributed by atoms with Crippen molar-refractivity contribution < 1.29 is 14.2 Å². The summed E-state index contributed by atoms with van der Waals surface area (Å²) < 4.78 is 16.0. The first kappa shape index (κ1) is 20.0. The first-order valence-corrected chi connectivity index (χ1v) is 9.87. The second kappa shape index (κ2) is 9.00. The number of fused-ring (bicyclic) bond motifs is 1. The summed E-state index contributed by atoms with van der Waals surface area (Å²) >= 11 is 0. The average Bonchev–Trinajstić information content (AvgIpc) is 2.79. The average molecular weight is 406 g/mol. The lowest BCUT2D eigenvalue weighted by Crippen LogP contribution is -2.31. The highest BCUT2D eigenvalue weighted by Gasteiger charge is 2.19. The summed E-state index contributed by atoms with van der Waals surface area (Å²) in [4.78, 5) is 11.7. The molecule has 0 bridgehead atoms. The van der Waals surface area contributed by atoms with Gasteiger partial charge in [0.2, 0.25) is 5.95 Å². The molecule has 2 aromatic carbocycles. The maximum Gasteiger partial charge on any atom is 0.227 e. The van der Waals surface area contributed by atoms with Crippen LogP contribution in [0.2, 0.25) is 0 Å². The smallest absolute Gasteiger partial charge is 0.227 e. The molecule has 0 radical (unpaired) electrons. The number of benzene rings is 2. The Bertz CT molecular complexity index is 1010. The van der Waals surface area contributed by atoms with Crippen LogP contribution in [0.15, 0.2) is 48.7 Å². The van der Waals surface area contributed by atoms with Crippen LogP contribution in [0.4, 0.5) is 11.6 Å². The molecular weight excluding hydrogens is 380 g/mol. The van der Waals surface area contributed by atoms with Gasteiger partial charge in [0.15, 0.2) is 0 Å². The van der Waals surface area contributed by atoms with Crippen LogP contribution in [0.25, 0.3) is 0 Å². The highest BCUT2D eigenvalue weighted by molar-refractivity contribution is 5.65. The molecule has 0 saturated carbocycles. The van der Waals surface area contributed by atoms with E-state index in [1.807, 2.05) is 36.5 Å². The van der Waals surface area contributed by atoms with Gasteiger partial charge in [0, 0.05) is 43.9 Å². The third-order valence-electron chi connectivity index (χ3n) is 5.23. The fourth-order valence-corrected chi connectivity index (χ4v) is 3.59. The molecule has 0 spiro atoms. The van der Waals surface area contributed by atoms with Crippen LogP contribution in [0, 0.1) is 0 Å². The summed E-state index contributed by atoms with van der Waals surface area (Å²) in [6.07, 6.45) is 2.80. The van der Waals surface area contributed by atoms with Gasteiger partial charge >= 0.3 is 0 Å². The van der Waals surface area contributed by atoms with Crippen LogP contribution in [0.3, 0.4) is 0 Å². The maximum atomic E-state index is 5.43. The normalized spacial score (nSPS) is 13.4. The molecule has 2 heterocycles. The van der Waals surface area contributed by atoms with Crippen molar-refractivity contribution in [2.24, 2.45) is 0 Å². The lowest BCUT2D eigenvalue weighted by molar-refractivity contribution is 0.243. The van der Waals surface area contributed by atoms with Gasteiger partial charge in [-0.1, -0.05) is 12.1 Å². The van der Waals surface area contributed by atoms with Crippen molar-refractivity contribution in [1.29, 1.82) is 0 Å². The fourth-order valence-electron chi connectivity index (χ4n) is 3.59. The van der Waals surface area contributed by atoms with Crippen molar-refractivity contribution in [3.05, 3.63) is 65.5 Å². The minimum absolute atomic E-state index is 0.559. The molecule has 7 nitrogen and oxygen atoms in total. The number of nitrogens with zero attached hydrogens (tertiary/aromatic N) is 3. The van der Waals surface area contributed by atoms with Crippen LogP contribution < -0.4 is 19.5 Å². The summed E-state index contributed by atoms with van der Waals surface area (Å²) in [7, 11) is 4.96. The van der Waals surface area contributed by atoms with Gasteiger partial charge < -0.3 is 19.5 Å². The molecule has 156 valence electrons. The first-order valence-electron chi connectivity index (χ1n) is 9.87. The first-order chi connectivity index (χ1) is 14.7. The Morgan fingerprint density at radius 2 is 1.73 bits per heavy atom. The Hall–Kier alpha value is -3.32. The Morgan fingerprint density at radius 1 is 0.967 bits per heavy atom. The molecule has 1 aromatic heterocycles. The molecule has 0 amide bonds. The van der Waals surface area contributed by atoms with Crippen molar-refractivity contribution in [3.63, 3.8) is 0 Å². The molecule has 0 fully saturated rings. The molecule has 4 rings (SSSR count). The van der Waals surface area contributed by atoms with Crippen LogP contribution in [-0.4, -0.2) is 42.7 Å². The van der Waals surface area contributed by atoms with E-state index in [0.29, 0.717) is 11.7 Å². The van der Waals surface area contributed by atoms with Crippen LogP contribution in [0.5, 0.6) is 17.2 Å². The number of aromatic nitrogens is 2. The highest BCUT2D eigenvalue weighted by atomic mass is 16.5. The molecule has 30 heavy (non-hydrogen) atoms. The van der Waals surface area contributed by atoms with Gasteiger partial charge in [-0.15, -0.1) is 0 Å². The van der Waals surface area contributed by atoms with E-state index in [1.165, 1.54) is 5.56 Å². The Morgan fingerprint density at radius 3 is 2.47 bits per heavy atom. The zero-order valence-electron chi connectivity index (χ0n) is 17.5. The number of methoxy groups -OCH3 is 3. The molecule has 0 unspecified atom stereocenters. The number of anilines is 2. The van der Waals surface area contributed by atoms with Crippen LogP contribution in [-0.2, 0) is 19.5 Å². The molecule has 0 saturated heterocycles. The molecule has 7 heteroatoms. The predicted molar refractivity (Wildman–Crippen MR) is 116 cm³/mol. The number of hydrogen-bond acceptors (Lipinski definition) is 7. The molecule has 1 aliphatic rings. The quantitative estimate of drug-likeness (QED) is 0.640. The standard InChI is InChI=1S/C23H26N4O3/c1-28-18-6-4-16(5-7-18)14-27-11-10-20-17(15-27)13-24-23(25-20)26-21-12-19(29-2)8-9-22(21)30-3/h4-9,12-13H,10-11,14-15H2,1-3H3,(H,24,25,26). The molecule has 0 aliphatic carbocycles. The Labute approximate surface area is 176 Å². The molecule has 1 aliphatic heterocycles. The molecule has 1 N–H and O–H groups in total.